The van der Waals surface area contributed by atoms with E-state index in [2.05, 4.69) is 10.1 Å². The van der Waals surface area contributed by atoms with E-state index in [4.69, 9.17) is 22.2 Å². The maximum absolute atomic E-state index is 13.7. The average Bonchev–Trinajstić information content (AvgIpc) is 3.29. The van der Waals surface area contributed by atoms with Crippen LogP contribution in [0.4, 0.5) is 4.39 Å². The van der Waals surface area contributed by atoms with Crippen molar-refractivity contribution in [3.63, 3.8) is 0 Å². The molecule has 3 aromatic rings. The van der Waals surface area contributed by atoms with Gasteiger partial charge in [0.2, 0.25) is 5.88 Å². The zero-order valence-electron chi connectivity index (χ0n) is 16.0. The van der Waals surface area contributed by atoms with Crippen LogP contribution in [-0.4, -0.2) is 30.7 Å². The molecule has 0 aromatic carbocycles. The van der Waals surface area contributed by atoms with Gasteiger partial charge in [-0.05, 0) is 56.1 Å². The Kier molecular flexibility index (Phi) is 5.42. The zero-order chi connectivity index (χ0) is 20.5. The van der Waals surface area contributed by atoms with Gasteiger partial charge in [-0.2, -0.15) is 9.61 Å². The summed E-state index contributed by atoms with van der Waals surface area (Å²) in [6.07, 6.45) is 9.74. The monoisotopic (exact) mass is 429 g/mol. The van der Waals surface area contributed by atoms with Crippen LogP contribution in [-0.2, 0) is 0 Å². The van der Waals surface area contributed by atoms with Crippen molar-refractivity contribution < 1.29 is 9.50 Å². The maximum Gasteiger partial charge on any atom is 0.207 e. The smallest absolute Gasteiger partial charge is 0.207 e. The van der Waals surface area contributed by atoms with Crippen molar-refractivity contribution in [3.8, 4) is 5.88 Å². The largest absolute Gasteiger partial charge is 0.494 e. The Balaban J connectivity index is 1.99. The van der Waals surface area contributed by atoms with Crippen molar-refractivity contribution >= 4 is 40.9 Å². The molecule has 1 aliphatic carbocycles. The van der Waals surface area contributed by atoms with Crippen LogP contribution in [0.5, 0.6) is 5.88 Å². The number of aromatic amines is 1. The van der Waals surface area contributed by atoms with Crippen molar-refractivity contribution in [1.29, 1.82) is 0 Å². The van der Waals surface area contributed by atoms with Gasteiger partial charge in [0.15, 0.2) is 15.1 Å². The average molecular weight is 430 g/mol. The number of nitrogens with zero attached hydrogens (tertiary/aromatic N) is 4. The highest BCUT2D eigenvalue weighted by molar-refractivity contribution is 7.73. The molecule has 0 unspecified atom stereocenters. The van der Waals surface area contributed by atoms with Gasteiger partial charge in [0, 0.05) is 11.3 Å². The lowest BCUT2D eigenvalue weighted by Crippen LogP contribution is -2.20. The van der Waals surface area contributed by atoms with Crippen molar-refractivity contribution in [3.05, 3.63) is 55.5 Å². The van der Waals surface area contributed by atoms with E-state index in [0.29, 0.717) is 37.3 Å². The van der Waals surface area contributed by atoms with Gasteiger partial charge < -0.3 is 10.1 Å². The molecule has 1 saturated carbocycles. The standard InChI is InChI=1S/C20H20FN5OS2/c1-3-4-12(7-11(2)21)15-9-17(23-14-5-6-14)26-18(24-15)13(10-22-26)8-16-19(27)25-20(28)29-16/h4,7-10,14,27H,3,5-6H2,1-2H3,(H,25,28)/b11-7+,12-4+,13-8?,23-17?. The Labute approximate surface area is 175 Å². The molecule has 0 amide bonds. The first-order valence-corrected chi connectivity index (χ1v) is 10.6. The molecule has 0 radical (unpaired) electrons. The van der Waals surface area contributed by atoms with Crippen LogP contribution in [0.2, 0.25) is 0 Å². The van der Waals surface area contributed by atoms with Gasteiger partial charge in [-0.15, -0.1) is 11.3 Å². The van der Waals surface area contributed by atoms with Crippen LogP contribution in [0.3, 0.4) is 0 Å². The number of halogens is 1. The van der Waals surface area contributed by atoms with E-state index in [0.717, 1.165) is 24.5 Å². The van der Waals surface area contributed by atoms with Crippen molar-refractivity contribution in [2.24, 2.45) is 4.99 Å². The Hall–Kier alpha value is -2.65. The second kappa shape index (κ2) is 8.00. The van der Waals surface area contributed by atoms with E-state index in [1.165, 1.54) is 24.3 Å². The first-order valence-electron chi connectivity index (χ1n) is 9.35. The summed E-state index contributed by atoms with van der Waals surface area (Å²) in [5, 5.41) is 15.2. The minimum Gasteiger partial charge on any atom is -0.494 e. The fourth-order valence-corrected chi connectivity index (χ4v) is 3.99. The van der Waals surface area contributed by atoms with E-state index >= 15 is 0 Å². The van der Waals surface area contributed by atoms with E-state index in [1.54, 1.807) is 16.8 Å². The molecule has 6 nitrogen and oxygen atoms in total. The molecule has 0 atom stereocenters. The molecule has 1 fully saturated rings. The van der Waals surface area contributed by atoms with Crippen molar-refractivity contribution in [2.75, 3.05) is 0 Å². The quantitative estimate of drug-likeness (QED) is 0.477. The summed E-state index contributed by atoms with van der Waals surface area (Å²) in [5.74, 6) is -0.273. The molecular weight excluding hydrogens is 409 g/mol. The summed E-state index contributed by atoms with van der Waals surface area (Å²) < 4.78 is 15.8. The molecule has 4 rings (SSSR count). The van der Waals surface area contributed by atoms with Gasteiger partial charge in [0.25, 0.3) is 0 Å². The maximum atomic E-state index is 13.7. The van der Waals surface area contributed by atoms with Crippen LogP contribution in [0.1, 0.15) is 43.7 Å². The summed E-state index contributed by atoms with van der Waals surface area (Å²) in [7, 11) is 0. The number of rotatable bonds is 5. The van der Waals surface area contributed by atoms with E-state index in [-0.39, 0.29) is 11.7 Å². The lowest BCUT2D eigenvalue weighted by Gasteiger charge is -2.04. The van der Waals surface area contributed by atoms with Gasteiger partial charge in [0.1, 0.15) is 0 Å². The highest BCUT2D eigenvalue weighted by Gasteiger charge is 2.20. The molecular formula is C20H20FN5OS2. The normalized spacial score (nSPS) is 16.9. The fraction of sp³-hybridized carbons (Fsp3) is 0.300. The first kappa shape index (κ1) is 19.7. The number of aromatic hydroxyl groups is 1. The third kappa shape index (κ3) is 4.35. The number of nitrogens with one attached hydrogen (secondary N) is 1. The Morgan fingerprint density at radius 2 is 2.31 bits per heavy atom. The molecule has 0 spiro atoms. The molecule has 150 valence electrons. The number of allylic oxidation sites excluding steroid dienone is 4. The van der Waals surface area contributed by atoms with E-state index in [9.17, 15) is 9.50 Å². The molecule has 29 heavy (non-hydrogen) atoms. The topological polar surface area (TPSA) is 78.6 Å². The lowest BCUT2D eigenvalue weighted by atomic mass is 10.1. The zero-order valence-corrected chi connectivity index (χ0v) is 17.6. The number of hydrogen-bond donors (Lipinski definition) is 2. The predicted molar refractivity (Wildman–Crippen MR) is 115 cm³/mol. The number of hydrogen-bond acceptors (Lipinski definition) is 6. The summed E-state index contributed by atoms with van der Waals surface area (Å²) in [6, 6.07) is 2.14. The van der Waals surface area contributed by atoms with E-state index in [1.807, 2.05) is 19.1 Å². The van der Waals surface area contributed by atoms with Crippen LogP contribution in [0.15, 0.2) is 35.2 Å². The first-order chi connectivity index (χ1) is 13.9. The number of thiazole rings is 1. The molecule has 2 N–H and O–H groups in total. The van der Waals surface area contributed by atoms with Crippen LogP contribution >= 0.6 is 23.6 Å². The Bertz CT molecular complexity index is 1310. The van der Waals surface area contributed by atoms with Crippen molar-refractivity contribution in [2.45, 2.75) is 39.2 Å². The lowest BCUT2D eigenvalue weighted by molar-refractivity contribution is 0.456. The van der Waals surface area contributed by atoms with Gasteiger partial charge >= 0.3 is 0 Å². The SMILES string of the molecule is CC/C=C(\C=C(/C)F)c1cc(=NC2CC2)n2ncc(=Cc3sc(=S)[nH]c3O)c2n1. The van der Waals surface area contributed by atoms with Gasteiger partial charge in [-0.25, -0.2) is 9.37 Å². The molecule has 0 saturated heterocycles. The number of aromatic nitrogens is 4. The number of fused-ring (bicyclic) bond motifs is 1. The van der Waals surface area contributed by atoms with Gasteiger partial charge in [-0.1, -0.05) is 13.0 Å². The highest BCUT2D eigenvalue weighted by Crippen LogP contribution is 2.23. The molecule has 3 aromatic heterocycles. The molecule has 9 heteroatoms. The molecule has 0 aliphatic heterocycles. The van der Waals surface area contributed by atoms with Gasteiger partial charge in [0.05, 0.1) is 28.6 Å². The summed E-state index contributed by atoms with van der Waals surface area (Å²) in [5.41, 5.74) is 2.61. The Morgan fingerprint density at radius 3 is 2.93 bits per heavy atom. The highest BCUT2D eigenvalue weighted by atomic mass is 32.1. The Morgan fingerprint density at radius 1 is 1.52 bits per heavy atom. The van der Waals surface area contributed by atoms with Crippen molar-refractivity contribution in [1.82, 2.24) is 19.6 Å². The van der Waals surface area contributed by atoms with Crippen LogP contribution in [0.25, 0.3) is 17.3 Å². The minimum absolute atomic E-state index is 0.0148. The summed E-state index contributed by atoms with van der Waals surface area (Å²) >= 11 is 6.36. The van der Waals surface area contributed by atoms with Crippen LogP contribution in [0, 0.1) is 3.95 Å². The minimum atomic E-state index is -0.288. The third-order valence-corrected chi connectivity index (χ3v) is 5.53. The number of H-pyrrole nitrogens is 1. The van der Waals surface area contributed by atoms with Crippen LogP contribution < -0.4 is 10.7 Å². The summed E-state index contributed by atoms with van der Waals surface area (Å²) in [4.78, 5) is 12.8. The predicted octanol–water partition coefficient (Wildman–Crippen LogP) is 3.83. The van der Waals surface area contributed by atoms with E-state index < -0.39 is 0 Å². The second-order valence-electron chi connectivity index (χ2n) is 6.87. The molecule has 1 aliphatic rings. The third-order valence-electron chi connectivity index (χ3n) is 4.36. The fourth-order valence-electron chi connectivity index (χ4n) is 2.94. The molecule has 3 heterocycles. The second-order valence-corrected chi connectivity index (χ2v) is 8.58. The van der Waals surface area contributed by atoms with Gasteiger partial charge in [-0.3, -0.25) is 4.99 Å². The summed E-state index contributed by atoms with van der Waals surface area (Å²) in [6.45, 7) is 3.41. The molecule has 0 bridgehead atoms.